The summed E-state index contributed by atoms with van der Waals surface area (Å²) in [5.41, 5.74) is 0.858. The lowest BCUT2D eigenvalue weighted by atomic mass is 10.2. The van der Waals surface area contributed by atoms with Gasteiger partial charge in [-0.1, -0.05) is 21.1 Å². The molecule has 0 fully saturated rings. The maximum Gasteiger partial charge on any atom is 0.270 e. The fourth-order valence-corrected chi connectivity index (χ4v) is 2.09. The molecule has 19 heavy (non-hydrogen) atoms. The number of nitrogens with one attached hydrogen (secondary N) is 1. The first-order chi connectivity index (χ1) is 9.04. The molecule has 2 rings (SSSR count). The highest BCUT2D eigenvalue weighted by molar-refractivity contribution is 9.10. The number of halogens is 1. The number of rotatable bonds is 5. The Morgan fingerprint density at radius 3 is 2.84 bits per heavy atom. The van der Waals surface area contributed by atoms with Gasteiger partial charge in [-0.15, -0.1) is 0 Å². The third kappa shape index (κ3) is 3.83. The van der Waals surface area contributed by atoms with Gasteiger partial charge in [-0.05, 0) is 18.6 Å². The number of hydrogen-bond donors (Lipinski definition) is 1. The molecule has 1 N–H and O–H groups in total. The van der Waals surface area contributed by atoms with E-state index in [1.165, 1.54) is 12.1 Å². The molecular weight excluding hydrogens is 316 g/mol. The summed E-state index contributed by atoms with van der Waals surface area (Å²) in [6.45, 7) is 2.63. The molecule has 1 aromatic carbocycles. The van der Waals surface area contributed by atoms with Gasteiger partial charge in [0.05, 0.1) is 11.5 Å². The van der Waals surface area contributed by atoms with Crippen molar-refractivity contribution in [3.8, 4) is 0 Å². The van der Waals surface area contributed by atoms with Crippen molar-refractivity contribution >= 4 is 21.6 Å². The summed E-state index contributed by atoms with van der Waals surface area (Å²) in [7, 11) is 0. The molecule has 0 amide bonds. The number of nitro groups is 1. The lowest BCUT2D eigenvalue weighted by Crippen LogP contribution is -2.13. The number of nitrogens with zero attached hydrogens (tertiary/aromatic N) is 3. The number of non-ortho nitro benzene ring substituents is 1. The summed E-state index contributed by atoms with van der Waals surface area (Å²) in [6, 6.07) is 4.81. The molecule has 1 aromatic heterocycles. The summed E-state index contributed by atoms with van der Waals surface area (Å²) in [6.07, 6.45) is 0. The van der Waals surface area contributed by atoms with Crippen molar-refractivity contribution < 1.29 is 9.45 Å². The van der Waals surface area contributed by atoms with Crippen LogP contribution in [0.3, 0.4) is 0 Å². The second kappa shape index (κ2) is 5.89. The fraction of sp³-hybridized carbons (Fsp3) is 0.273. The van der Waals surface area contributed by atoms with Crippen LogP contribution >= 0.6 is 15.9 Å². The minimum absolute atomic E-state index is 0.0554. The maximum absolute atomic E-state index is 10.7. The van der Waals surface area contributed by atoms with Gasteiger partial charge in [0.1, 0.15) is 0 Å². The molecule has 0 bridgehead atoms. The van der Waals surface area contributed by atoms with Crippen molar-refractivity contribution in [3.05, 3.63) is 50.1 Å². The number of benzene rings is 1. The number of aromatic nitrogens is 2. The van der Waals surface area contributed by atoms with Crippen molar-refractivity contribution in [2.75, 3.05) is 0 Å². The Morgan fingerprint density at radius 2 is 2.21 bits per heavy atom. The van der Waals surface area contributed by atoms with Gasteiger partial charge in [-0.2, -0.15) is 4.98 Å². The first-order valence-corrected chi connectivity index (χ1v) is 6.27. The van der Waals surface area contributed by atoms with Crippen molar-refractivity contribution in [3.63, 3.8) is 0 Å². The van der Waals surface area contributed by atoms with E-state index in [-0.39, 0.29) is 5.69 Å². The molecule has 1 heterocycles. The Balaban J connectivity index is 1.97. The molecule has 0 aliphatic carbocycles. The predicted octanol–water partition coefficient (Wildman–Crippen LogP) is 2.34. The molecule has 0 aliphatic rings. The lowest BCUT2D eigenvalue weighted by molar-refractivity contribution is -0.385. The van der Waals surface area contributed by atoms with Crippen LogP contribution in [0.1, 0.15) is 17.3 Å². The number of hydrogen-bond acceptors (Lipinski definition) is 6. The third-order valence-electron chi connectivity index (χ3n) is 2.33. The molecule has 0 unspecified atom stereocenters. The smallest absolute Gasteiger partial charge is 0.270 e. The van der Waals surface area contributed by atoms with Crippen molar-refractivity contribution in [1.29, 1.82) is 0 Å². The molecule has 0 saturated heterocycles. The molecule has 7 nitrogen and oxygen atoms in total. The van der Waals surface area contributed by atoms with Gasteiger partial charge < -0.3 is 9.84 Å². The average Bonchev–Trinajstić information content (AvgIpc) is 2.74. The van der Waals surface area contributed by atoms with Crippen LogP contribution in [0.2, 0.25) is 0 Å². The molecule has 0 aliphatic heterocycles. The number of nitro benzene ring substituents is 1. The van der Waals surface area contributed by atoms with Crippen LogP contribution < -0.4 is 5.32 Å². The van der Waals surface area contributed by atoms with Gasteiger partial charge in [0.25, 0.3) is 5.69 Å². The molecule has 0 radical (unpaired) electrons. The van der Waals surface area contributed by atoms with Crippen LogP contribution in [0.15, 0.2) is 27.2 Å². The highest BCUT2D eigenvalue weighted by Crippen LogP contribution is 2.21. The van der Waals surface area contributed by atoms with E-state index in [1.54, 1.807) is 6.92 Å². The molecule has 8 heteroatoms. The van der Waals surface area contributed by atoms with Crippen LogP contribution in [0, 0.1) is 17.0 Å². The molecule has 2 aromatic rings. The SMILES string of the molecule is Cc1noc(CNCc2cc(Br)cc([N+](=O)[O-])c2)n1. The Labute approximate surface area is 117 Å². The standard InChI is InChI=1S/C11H11BrN4O3/c1-7-14-11(19-15-7)6-13-5-8-2-9(12)4-10(3-8)16(17)18/h2-4,13H,5-6H2,1H3. The predicted molar refractivity (Wildman–Crippen MR) is 70.4 cm³/mol. The zero-order chi connectivity index (χ0) is 13.8. The summed E-state index contributed by atoms with van der Waals surface area (Å²) in [5.74, 6) is 1.07. The molecule has 100 valence electrons. The van der Waals surface area contributed by atoms with E-state index in [0.29, 0.717) is 29.3 Å². The minimum atomic E-state index is -0.421. The van der Waals surface area contributed by atoms with Crippen molar-refractivity contribution in [1.82, 2.24) is 15.5 Å². The van der Waals surface area contributed by atoms with E-state index in [9.17, 15) is 10.1 Å². The summed E-state index contributed by atoms with van der Waals surface area (Å²) < 4.78 is 5.62. The van der Waals surface area contributed by atoms with Crippen molar-refractivity contribution in [2.45, 2.75) is 20.0 Å². The van der Waals surface area contributed by atoms with E-state index in [4.69, 9.17) is 4.52 Å². The summed E-state index contributed by atoms with van der Waals surface area (Å²) in [4.78, 5) is 14.4. The van der Waals surface area contributed by atoms with Crippen LogP contribution in [-0.2, 0) is 13.1 Å². The average molecular weight is 327 g/mol. The fourth-order valence-electron chi connectivity index (χ4n) is 1.57. The van der Waals surface area contributed by atoms with Gasteiger partial charge >= 0.3 is 0 Å². The normalized spacial score (nSPS) is 10.6. The lowest BCUT2D eigenvalue weighted by Gasteiger charge is -2.03. The Hall–Kier alpha value is -1.80. The zero-order valence-electron chi connectivity index (χ0n) is 10.1. The van der Waals surface area contributed by atoms with E-state index < -0.39 is 4.92 Å². The van der Waals surface area contributed by atoms with E-state index in [2.05, 4.69) is 31.4 Å². The molecule has 0 spiro atoms. The van der Waals surface area contributed by atoms with Crippen LogP contribution in [0.4, 0.5) is 5.69 Å². The third-order valence-corrected chi connectivity index (χ3v) is 2.79. The topological polar surface area (TPSA) is 94.1 Å². The van der Waals surface area contributed by atoms with E-state index in [0.717, 1.165) is 5.56 Å². The summed E-state index contributed by atoms with van der Waals surface area (Å²) >= 11 is 3.25. The van der Waals surface area contributed by atoms with Gasteiger partial charge in [0, 0.05) is 23.2 Å². The highest BCUT2D eigenvalue weighted by Gasteiger charge is 2.09. The maximum atomic E-state index is 10.7. The van der Waals surface area contributed by atoms with E-state index >= 15 is 0 Å². The summed E-state index contributed by atoms with van der Waals surface area (Å²) in [5, 5.41) is 17.5. The van der Waals surface area contributed by atoms with Gasteiger partial charge in [0.15, 0.2) is 5.82 Å². The monoisotopic (exact) mass is 326 g/mol. The largest absolute Gasteiger partial charge is 0.338 e. The van der Waals surface area contributed by atoms with E-state index in [1.807, 2.05) is 6.07 Å². The van der Waals surface area contributed by atoms with Crippen molar-refractivity contribution in [2.24, 2.45) is 0 Å². The molecule has 0 atom stereocenters. The first-order valence-electron chi connectivity index (χ1n) is 5.48. The van der Waals surface area contributed by atoms with Crippen LogP contribution in [0.25, 0.3) is 0 Å². The van der Waals surface area contributed by atoms with Gasteiger partial charge in [-0.3, -0.25) is 10.1 Å². The van der Waals surface area contributed by atoms with Crippen LogP contribution in [-0.4, -0.2) is 15.1 Å². The molecule has 0 saturated carbocycles. The Morgan fingerprint density at radius 1 is 1.42 bits per heavy atom. The number of aryl methyl sites for hydroxylation is 1. The first kappa shape index (κ1) is 13.6. The molecular formula is C11H11BrN4O3. The highest BCUT2D eigenvalue weighted by atomic mass is 79.9. The van der Waals surface area contributed by atoms with Gasteiger partial charge in [0.2, 0.25) is 5.89 Å². The van der Waals surface area contributed by atoms with Crippen LogP contribution in [0.5, 0.6) is 0 Å². The minimum Gasteiger partial charge on any atom is -0.338 e. The quantitative estimate of drug-likeness (QED) is 0.669. The Kier molecular flexibility index (Phi) is 4.23. The Bertz CT molecular complexity index is 599. The second-order valence-electron chi connectivity index (χ2n) is 3.91. The zero-order valence-corrected chi connectivity index (χ0v) is 11.7. The second-order valence-corrected chi connectivity index (χ2v) is 4.83. The van der Waals surface area contributed by atoms with Gasteiger partial charge in [-0.25, -0.2) is 0 Å².